The fourth-order valence-corrected chi connectivity index (χ4v) is 5.54. The number of ether oxygens (including phenoxy) is 2. The summed E-state index contributed by atoms with van der Waals surface area (Å²) >= 11 is 0. The number of amides is 1. The van der Waals surface area contributed by atoms with Gasteiger partial charge in [0.05, 0.1) is 11.7 Å². The van der Waals surface area contributed by atoms with Crippen LogP contribution < -0.4 is 14.5 Å². The third-order valence-electron chi connectivity index (χ3n) is 7.60. The molecule has 3 heterocycles. The molecule has 1 fully saturated rings. The number of aromatic hydroxyl groups is 1. The third-order valence-corrected chi connectivity index (χ3v) is 7.60. The Morgan fingerprint density at radius 1 is 1.07 bits per heavy atom. The number of aromatic nitrogens is 2. The Bertz CT molecular complexity index is 1400. The van der Waals surface area contributed by atoms with E-state index in [1.165, 1.54) is 0 Å². The van der Waals surface area contributed by atoms with Gasteiger partial charge in [0.15, 0.2) is 0 Å². The molecule has 2 aliphatic rings. The highest BCUT2D eigenvalue weighted by atomic mass is 16.6. The summed E-state index contributed by atoms with van der Waals surface area (Å²) in [6.45, 7) is 12.2. The van der Waals surface area contributed by atoms with Gasteiger partial charge in [-0.1, -0.05) is 24.3 Å². The molecule has 1 N–H and O–H groups in total. The molecule has 1 amide bonds. The molecular formula is C31H42N6O4. The summed E-state index contributed by atoms with van der Waals surface area (Å²) in [5.74, 6) is 1.13. The average molecular weight is 563 g/mol. The topological polar surface area (TPSA) is 94.5 Å². The highest BCUT2D eigenvalue weighted by molar-refractivity contribution is 5.96. The molecule has 1 atom stereocenters. The number of nitrogens with zero attached hydrogens (tertiary/aromatic N) is 6. The first-order valence-electron chi connectivity index (χ1n) is 14.4. The summed E-state index contributed by atoms with van der Waals surface area (Å²) in [4.78, 5) is 30.9. The minimum atomic E-state index is -0.526. The van der Waals surface area contributed by atoms with Gasteiger partial charge in [0, 0.05) is 62.0 Å². The molecule has 2 aromatic carbocycles. The normalized spacial score (nSPS) is 17.6. The number of piperazine rings is 1. The number of likely N-dealkylation sites (N-methyl/N-ethyl adjacent to an activating group) is 1. The van der Waals surface area contributed by atoms with Crippen LogP contribution in [0.4, 0.5) is 16.3 Å². The zero-order chi connectivity index (χ0) is 29.3. The van der Waals surface area contributed by atoms with Crippen molar-refractivity contribution in [3.05, 3.63) is 47.7 Å². The maximum atomic E-state index is 12.7. The molecule has 5 rings (SSSR count). The molecule has 0 spiro atoms. The van der Waals surface area contributed by atoms with E-state index < -0.39 is 5.60 Å². The van der Waals surface area contributed by atoms with Crippen LogP contribution in [0.1, 0.15) is 45.0 Å². The zero-order valence-electron chi connectivity index (χ0n) is 25.1. The Hall–Kier alpha value is -3.79. The van der Waals surface area contributed by atoms with Crippen LogP contribution in [0, 0.1) is 0 Å². The number of carbonyl (C=O) groups excluding carboxylic acids is 1. The predicted octanol–water partition coefficient (Wildman–Crippen LogP) is 4.46. The molecule has 1 saturated heterocycles. The molecule has 0 radical (unpaired) electrons. The first-order valence-corrected chi connectivity index (χ1v) is 14.4. The van der Waals surface area contributed by atoms with E-state index in [0.29, 0.717) is 38.8 Å². The fourth-order valence-electron chi connectivity index (χ4n) is 5.54. The van der Waals surface area contributed by atoms with E-state index in [1.807, 2.05) is 59.1 Å². The molecule has 1 aromatic heterocycles. The number of benzene rings is 2. The minimum Gasteiger partial charge on any atom is -0.508 e. The van der Waals surface area contributed by atoms with Crippen molar-refractivity contribution < 1.29 is 19.4 Å². The van der Waals surface area contributed by atoms with E-state index in [1.54, 1.807) is 11.0 Å². The van der Waals surface area contributed by atoms with E-state index in [9.17, 15) is 9.90 Å². The molecule has 220 valence electrons. The van der Waals surface area contributed by atoms with Crippen LogP contribution in [0.15, 0.2) is 36.4 Å². The first kappa shape index (κ1) is 28.7. The number of fused-ring (bicyclic) bond motifs is 2. The fraction of sp³-hybridized carbons (Fsp3) is 0.516. The molecule has 2 aliphatic heterocycles. The standard InChI is InChI=1S/C31H42N6O4/c1-21-27-25(11-12-37(21)26-20-23(38)19-22-9-7-8-10-24(22)26)28(33-29(32-27)40-18-17-34(5)6)35-13-15-36(16-14-35)30(39)41-31(2,3)4/h7-10,19-21,38H,11-18H2,1-6H3. The van der Waals surface area contributed by atoms with Crippen LogP contribution in [-0.4, -0.2) is 96.5 Å². The highest BCUT2D eigenvalue weighted by Gasteiger charge is 2.33. The minimum absolute atomic E-state index is 0.0649. The van der Waals surface area contributed by atoms with Crippen molar-refractivity contribution >= 4 is 28.4 Å². The second-order valence-electron chi connectivity index (χ2n) is 12.1. The van der Waals surface area contributed by atoms with Crippen LogP contribution in [0.2, 0.25) is 0 Å². The molecule has 0 aliphatic carbocycles. The number of hydrogen-bond donors (Lipinski definition) is 1. The van der Waals surface area contributed by atoms with Gasteiger partial charge in [-0.25, -0.2) is 4.79 Å². The molecule has 0 bridgehead atoms. The first-order chi connectivity index (χ1) is 19.5. The number of phenolic OH excluding ortho intramolecular Hbond substituents is 1. The number of hydrogen-bond acceptors (Lipinski definition) is 9. The SMILES string of the molecule is CC1c2nc(OCCN(C)C)nc(N3CCN(C(=O)OC(C)(C)C)CC3)c2CCN1c1cc(O)cc2ccccc12. The van der Waals surface area contributed by atoms with Crippen LogP contribution in [0.25, 0.3) is 10.8 Å². The smallest absolute Gasteiger partial charge is 0.410 e. The van der Waals surface area contributed by atoms with Gasteiger partial charge in [-0.2, -0.15) is 9.97 Å². The van der Waals surface area contributed by atoms with Crippen LogP contribution in [-0.2, 0) is 11.2 Å². The quantitative estimate of drug-likeness (QED) is 0.467. The number of anilines is 2. The molecule has 3 aromatic rings. The van der Waals surface area contributed by atoms with Gasteiger partial charge in [-0.3, -0.25) is 0 Å². The van der Waals surface area contributed by atoms with E-state index >= 15 is 0 Å². The Morgan fingerprint density at radius 3 is 2.51 bits per heavy atom. The number of rotatable bonds is 6. The van der Waals surface area contributed by atoms with Crippen molar-refractivity contribution in [1.29, 1.82) is 0 Å². The highest BCUT2D eigenvalue weighted by Crippen LogP contribution is 2.41. The maximum Gasteiger partial charge on any atom is 0.410 e. The Kier molecular flexibility index (Phi) is 8.13. The molecular weight excluding hydrogens is 520 g/mol. The Balaban J connectivity index is 1.45. The van der Waals surface area contributed by atoms with E-state index in [4.69, 9.17) is 19.4 Å². The summed E-state index contributed by atoms with van der Waals surface area (Å²) in [7, 11) is 4.01. The van der Waals surface area contributed by atoms with Gasteiger partial charge in [0.25, 0.3) is 0 Å². The largest absolute Gasteiger partial charge is 0.508 e. The Labute approximate surface area is 242 Å². The predicted molar refractivity (Wildman–Crippen MR) is 161 cm³/mol. The van der Waals surface area contributed by atoms with Crippen LogP contribution in [0.5, 0.6) is 11.8 Å². The summed E-state index contributed by atoms with van der Waals surface area (Å²) in [6.07, 6.45) is 0.473. The van der Waals surface area contributed by atoms with Gasteiger partial charge >= 0.3 is 12.1 Å². The average Bonchev–Trinajstić information content (AvgIpc) is 2.92. The maximum absolute atomic E-state index is 12.7. The van der Waals surface area contributed by atoms with Gasteiger partial charge in [-0.15, -0.1) is 0 Å². The lowest BCUT2D eigenvalue weighted by atomic mass is 9.96. The molecule has 0 saturated carbocycles. The lowest BCUT2D eigenvalue weighted by Gasteiger charge is -2.40. The second-order valence-corrected chi connectivity index (χ2v) is 12.1. The van der Waals surface area contributed by atoms with Crippen molar-refractivity contribution in [2.45, 2.75) is 45.8 Å². The molecule has 10 nitrogen and oxygen atoms in total. The van der Waals surface area contributed by atoms with Crippen molar-refractivity contribution in [2.24, 2.45) is 0 Å². The molecule has 10 heteroatoms. The van der Waals surface area contributed by atoms with E-state index in [-0.39, 0.29) is 17.9 Å². The Morgan fingerprint density at radius 2 is 1.80 bits per heavy atom. The summed E-state index contributed by atoms with van der Waals surface area (Å²) in [5, 5.41) is 12.6. The van der Waals surface area contributed by atoms with Gasteiger partial charge < -0.3 is 34.2 Å². The van der Waals surface area contributed by atoms with Crippen LogP contribution >= 0.6 is 0 Å². The van der Waals surface area contributed by atoms with Crippen LogP contribution in [0.3, 0.4) is 0 Å². The van der Waals surface area contributed by atoms with Crippen molar-refractivity contribution in [2.75, 3.05) is 69.8 Å². The monoisotopic (exact) mass is 562 g/mol. The van der Waals surface area contributed by atoms with Crippen molar-refractivity contribution in [3.63, 3.8) is 0 Å². The second kappa shape index (κ2) is 11.6. The number of phenols is 1. The number of carbonyl (C=O) groups is 1. The molecule has 41 heavy (non-hydrogen) atoms. The lowest BCUT2D eigenvalue weighted by molar-refractivity contribution is 0.0240. The zero-order valence-corrected chi connectivity index (χ0v) is 25.1. The molecule has 1 unspecified atom stereocenters. The van der Waals surface area contributed by atoms with Crippen molar-refractivity contribution in [3.8, 4) is 11.8 Å². The third kappa shape index (κ3) is 6.43. The van der Waals surface area contributed by atoms with E-state index in [2.05, 4.69) is 27.7 Å². The van der Waals surface area contributed by atoms with Gasteiger partial charge in [0.1, 0.15) is 23.8 Å². The summed E-state index contributed by atoms with van der Waals surface area (Å²) in [6, 6.07) is 12.1. The summed E-state index contributed by atoms with van der Waals surface area (Å²) in [5.41, 5.74) is 2.51. The van der Waals surface area contributed by atoms with Crippen molar-refractivity contribution in [1.82, 2.24) is 19.8 Å². The summed E-state index contributed by atoms with van der Waals surface area (Å²) < 4.78 is 11.7. The van der Waals surface area contributed by atoms with E-state index in [0.717, 1.165) is 53.0 Å². The lowest BCUT2D eigenvalue weighted by Crippen LogP contribution is -2.50. The van der Waals surface area contributed by atoms with Gasteiger partial charge in [-0.05, 0) is 59.7 Å². The van der Waals surface area contributed by atoms with Gasteiger partial charge in [0.2, 0.25) is 0 Å².